The van der Waals surface area contributed by atoms with Gasteiger partial charge < -0.3 is 20.1 Å². The first kappa shape index (κ1) is 23.7. The van der Waals surface area contributed by atoms with Crippen molar-refractivity contribution in [3.63, 3.8) is 0 Å². The quantitative estimate of drug-likeness (QED) is 0.291. The van der Waals surface area contributed by atoms with Crippen LogP contribution in [0.1, 0.15) is 38.2 Å². The maximum absolute atomic E-state index is 5.30. The molecule has 1 aliphatic rings. The minimum Gasteiger partial charge on any atom is -0.497 e. The van der Waals surface area contributed by atoms with Gasteiger partial charge in [0.2, 0.25) is 0 Å². The summed E-state index contributed by atoms with van der Waals surface area (Å²) >= 11 is 0. The Balaban J connectivity index is 0.00000300. The van der Waals surface area contributed by atoms with E-state index in [0.29, 0.717) is 12.0 Å². The van der Waals surface area contributed by atoms with Crippen LogP contribution in [0.25, 0.3) is 10.8 Å². The van der Waals surface area contributed by atoms with Crippen LogP contribution in [-0.2, 0) is 11.3 Å². The summed E-state index contributed by atoms with van der Waals surface area (Å²) in [7, 11) is 3.48. The van der Waals surface area contributed by atoms with Gasteiger partial charge in [0.1, 0.15) is 5.75 Å². The molecule has 0 heterocycles. The Bertz CT molecular complexity index is 806. The van der Waals surface area contributed by atoms with Crippen molar-refractivity contribution in [3.05, 3.63) is 42.0 Å². The second-order valence-corrected chi connectivity index (χ2v) is 7.69. The van der Waals surface area contributed by atoms with Crippen molar-refractivity contribution in [1.82, 2.24) is 10.6 Å². The zero-order valence-corrected chi connectivity index (χ0v) is 20.1. The van der Waals surface area contributed by atoms with Crippen molar-refractivity contribution >= 4 is 40.7 Å². The van der Waals surface area contributed by atoms with E-state index in [4.69, 9.17) is 14.5 Å². The van der Waals surface area contributed by atoms with Crippen molar-refractivity contribution in [2.45, 2.75) is 39.2 Å². The molecular formula is C23H34IN3O2. The van der Waals surface area contributed by atoms with Crippen LogP contribution in [0.15, 0.2) is 41.4 Å². The number of methoxy groups -OCH3 is 2. The van der Waals surface area contributed by atoms with E-state index in [-0.39, 0.29) is 24.0 Å². The lowest BCUT2D eigenvalue weighted by Gasteiger charge is -2.42. The summed E-state index contributed by atoms with van der Waals surface area (Å²) in [4.78, 5) is 4.80. The number of fused-ring (bicyclic) bond motifs is 1. The smallest absolute Gasteiger partial charge is 0.191 e. The zero-order valence-electron chi connectivity index (χ0n) is 17.8. The van der Waals surface area contributed by atoms with E-state index in [1.165, 1.54) is 35.6 Å². The molecule has 2 aromatic rings. The molecule has 160 valence electrons. The van der Waals surface area contributed by atoms with Gasteiger partial charge in [-0.3, -0.25) is 0 Å². The molecule has 0 amide bonds. The SMILES string of the molecule is CCNC(=NCc1ccc2cc(OC)ccc2c1)NCC1(CCOC)CCC1.I. The molecule has 5 nitrogen and oxygen atoms in total. The number of hydrogen-bond donors (Lipinski definition) is 2. The van der Waals surface area contributed by atoms with Crippen LogP contribution in [0.2, 0.25) is 0 Å². The average Bonchev–Trinajstić information content (AvgIpc) is 2.70. The summed E-state index contributed by atoms with van der Waals surface area (Å²) in [5.74, 6) is 1.77. The van der Waals surface area contributed by atoms with Gasteiger partial charge in [-0.25, -0.2) is 4.99 Å². The third-order valence-corrected chi connectivity index (χ3v) is 5.76. The van der Waals surface area contributed by atoms with Crippen molar-refractivity contribution in [2.24, 2.45) is 10.4 Å². The molecule has 0 spiro atoms. The van der Waals surface area contributed by atoms with E-state index in [9.17, 15) is 0 Å². The number of nitrogens with one attached hydrogen (secondary N) is 2. The highest BCUT2D eigenvalue weighted by molar-refractivity contribution is 14.0. The van der Waals surface area contributed by atoms with Crippen LogP contribution in [-0.4, -0.2) is 39.9 Å². The number of aliphatic imine (C=N–C) groups is 1. The molecular weight excluding hydrogens is 477 g/mol. The third-order valence-electron chi connectivity index (χ3n) is 5.76. The van der Waals surface area contributed by atoms with Gasteiger partial charge in [-0.1, -0.05) is 24.6 Å². The summed E-state index contributed by atoms with van der Waals surface area (Å²) in [5.41, 5.74) is 1.57. The Morgan fingerprint density at radius 3 is 2.48 bits per heavy atom. The Morgan fingerprint density at radius 2 is 1.83 bits per heavy atom. The minimum absolute atomic E-state index is 0. The molecule has 3 rings (SSSR count). The van der Waals surface area contributed by atoms with Crippen LogP contribution in [0.3, 0.4) is 0 Å². The Hall–Kier alpha value is -1.54. The van der Waals surface area contributed by atoms with Gasteiger partial charge in [-0.05, 0) is 66.1 Å². The zero-order chi connectivity index (χ0) is 19.8. The molecule has 1 aliphatic carbocycles. The molecule has 1 fully saturated rings. The van der Waals surface area contributed by atoms with Crippen LogP contribution >= 0.6 is 24.0 Å². The van der Waals surface area contributed by atoms with Crippen molar-refractivity contribution < 1.29 is 9.47 Å². The number of hydrogen-bond acceptors (Lipinski definition) is 3. The lowest BCUT2D eigenvalue weighted by molar-refractivity contribution is 0.0732. The van der Waals surface area contributed by atoms with Crippen molar-refractivity contribution in [2.75, 3.05) is 33.9 Å². The molecule has 0 aliphatic heterocycles. The molecule has 2 N–H and O–H groups in total. The first-order valence-electron chi connectivity index (χ1n) is 10.3. The number of ether oxygens (including phenoxy) is 2. The average molecular weight is 511 g/mol. The van der Waals surface area contributed by atoms with Gasteiger partial charge in [0.15, 0.2) is 5.96 Å². The highest BCUT2D eigenvalue weighted by Crippen LogP contribution is 2.43. The summed E-state index contributed by atoms with van der Waals surface area (Å²) in [6.07, 6.45) is 4.98. The van der Waals surface area contributed by atoms with Gasteiger partial charge >= 0.3 is 0 Å². The first-order valence-corrected chi connectivity index (χ1v) is 10.3. The highest BCUT2D eigenvalue weighted by Gasteiger charge is 2.36. The summed E-state index contributed by atoms with van der Waals surface area (Å²) in [6, 6.07) is 12.6. The summed E-state index contributed by atoms with van der Waals surface area (Å²) in [6.45, 7) is 5.40. The molecule has 0 atom stereocenters. The molecule has 0 bridgehead atoms. The monoisotopic (exact) mass is 511 g/mol. The standard InChI is InChI=1S/C23H33N3O2.HI/c1-4-24-22(26-17-23(10-5-11-23)12-13-27-2)25-16-18-6-7-20-15-21(28-3)9-8-19(20)14-18;/h6-9,14-15H,4-5,10-13,16-17H2,1-3H3,(H2,24,25,26);1H. The second kappa shape index (κ2) is 11.6. The van der Waals surface area contributed by atoms with Crippen LogP contribution in [0, 0.1) is 5.41 Å². The van der Waals surface area contributed by atoms with E-state index in [1.807, 2.05) is 6.07 Å². The van der Waals surface area contributed by atoms with Gasteiger partial charge in [0.25, 0.3) is 0 Å². The highest BCUT2D eigenvalue weighted by atomic mass is 127. The number of nitrogens with zero attached hydrogens (tertiary/aromatic N) is 1. The second-order valence-electron chi connectivity index (χ2n) is 7.69. The maximum atomic E-state index is 5.30. The Morgan fingerprint density at radius 1 is 1.07 bits per heavy atom. The largest absolute Gasteiger partial charge is 0.497 e. The molecule has 29 heavy (non-hydrogen) atoms. The molecule has 0 aromatic heterocycles. The van der Waals surface area contributed by atoms with E-state index < -0.39 is 0 Å². The summed E-state index contributed by atoms with van der Waals surface area (Å²) in [5, 5.41) is 9.33. The fourth-order valence-corrected chi connectivity index (χ4v) is 3.79. The predicted molar refractivity (Wildman–Crippen MR) is 132 cm³/mol. The topological polar surface area (TPSA) is 54.9 Å². The molecule has 2 aromatic carbocycles. The molecule has 6 heteroatoms. The number of benzene rings is 2. The fourth-order valence-electron chi connectivity index (χ4n) is 3.79. The van der Waals surface area contributed by atoms with E-state index in [0.717, 1.165) is 37.8 Å². The first-order chi connectivity index (χ1) is 13.7. The number of guanidine groups is 1. The van der Waals surface area contributed by atoms with Gasteiger partial charge in [-0.15, -0.1) is 24.0 Å². The van der Waals surface area contributed by atoms with Gasteiger partial charge in [0.05, 0.1) is 13.7 Å². The van der Waals surface area contributed by atoms with E-state index in [2.05, 4.69) is 47.9 Å². The number of halogens is 1. The van der Waals surface area contributed by atoms with Crippen LogP contribution in [0.4, 0.5) is 0 Å². The van der Waals surface area contributed by atoms with Gasteiger partial charge in [0, 0.05) is 26.8 Å². The van der Waals surface area contributed by atoms with E-state index in [1.54, 1.807) is 14.2 Å². The predicted octanol–water partition coefficient (Wildman–Crippen LogP) is 4.73. The Labute approximate surface area is 191 Å². The normalized spacial score (nSPS) is 15.3. The summed E-state index contributed by atoms with van der Waals surface area (Å²) < 4.78 is 10.6. The number of rotatable bonds is 9. The third kappa shape index (κ3) is 6.47. The lowest BCUT2D eigenvalue weighted by Crippen LogP contribution is -2.46. The lowest BCUT2D eigenvalue weighted by atomic mass is 9.67. The molecule has 0 saturated heterocycles. The molecule has 0 radical (unpaired) electrons. The van der Waals surface area contributed by atoms with Gasteiger partial charge in [-0.2, -0.15) is 0 Å². The minimum atomic E-state index is 0. The van der Waals surface area contributed by atoms with Crippen molar-refractivity contribution in [3.8, 4) is 5.75 Å². The maximum Gasteiger partial charge on any atom is 0.191 e. The molecule has 1 saturated carbocycles. The molecule has 0 unspecified atom stereocenters. The Kier molecular flexibility index (Phi) is 9.49. The van der Waals surface area contributed by atoms with Crippen LogP contribution in [0.5, 0.6) is 5.75 Å². The van der Waals surface area contributed by atoms with Crippen LogP contribution < -0.4 is 15.4 Å². The van der Waals surface area contributed by atoms with E-state index >= 15 is 0 Å². The fraction of sp³-hybridized carbons (Fsp3) is 0.522. The van der Waals surface area contributed by atoms with Crippen molar-refractivity contribution in [1.29, 1.82) is 0 Å².